The van der Waals surface area contributed by atoms with Crippen LogP contribution in [0.4, 0.5) is 39.5 Å². The molecule has 102 valence electrons. The fraction of sp³-hybridized carbons (Fsp3) is 0.833. The molecule has 0 aliphatic carbocycles. The van der Waals surface area contributed by atoms with Crippen molar-refractivity contribution in [3.8, 4) is 0 Å². The van der Waals surface area contributed by atoms with Crippen LogP contribution in [0.15, 0.2) is 0 Å². The number of hydrogen-bond acceptors (Lipinski definition) is 2. The van der Waals surface area contributed by atoms with Crippen LogP contribution in [0.2, 0.25) is 0 Å². The molecule has 0 unspecified atom stereocenters. The zero-order chi connectivity index (χ0) is 14.3. The Balaban J connectivity index is 5.35. The highest BCUT2D eigenvalue weighted by molar-refractivity contribution is 5.76. The van der Waals surface area contributed by atoms with Crippen LogP contribution in [0.3, 0.4) is 0 Å². The third kappa shape index (κ3) is 3.16. The molecule has 11 heteroatoms. The van der Waals surface area contributed by atoms with E-state index in [1.165, 1.54) is 0 Å². The van der Waals surface area contributed by atoms with Crippen LogP contribution < -0.4 is 0 Å². The van der Waals surface area contributed by atoms with Crippen molar-refractivity contribution in [1.29, 1.82) is 0 Å². The number of carbonyl (C=O) groups excluding carboxylic acids is 1. The number of carbonyl (C=O) groups is 1. The Hall–Kier alpha value is -1.16. The van der Waals surface area contributed by atoms with Crippen molar-refractivity contribution < 1.29 is 49.0 Å². The van der Waals surface area contributed by atoms with E-state index >= 15 is 0 Å². The van der Waals surface area contributed by atoms with E-state index in [4.69, 9.17) is 0 Å². The minimum Gasteiger partial charge on any atom is -0.433 e. The third-order valence-electron chi connectivity index (χ3n) is 1.61. The van der Waals surface area contributed by atoms with Crippen molar-refractivity contribution in [3.63, 3.8) is 0 Å². The van der Waals surface area contributed by atoms with Gasteiger partial charge in [0.2, 0.25) is 0 Å². The lowest BCUT2D eigenvalue weighted by Crippen LogP contribution is -2.58. The molecule has 0 fully saturated rings. The van der Waals surface area contributed by atoms with Gasteiger partial charge in [-0.2, -0.15) is 39.5 Å². The predicted octanol–water partition coefficient (Wildman–Crippen LogP) is 2.98. The van der Waals surface area contributed by atoms with E-state index in [0.29, 0.717) is 0 Å². The summed E-state index contributed by atoms with van der Waals surface area (Å²) in [7, 11) is 0. The summed E-state index contributed by atoms with van der Waals surface area (Å²) in [6, 6.07) is 0. The Morgan fingerprint density at radius 2 is 1.12 bits per heavy atom. The van der Waals surface area contributed by atoms with E-state index in [0.717, 1.165) is 0 Å². The van der Waals surface area contributed by atoms with Gasteiger partial charge in [-0.15, -0.1) is 0 Å². The number of rotatable bonds is 1. The Morgan fingerprint density at radius 1 is 0.824 bits per heavy atom. The Bertz CT molecular complexity index is 282. The van der Waals surface area contributed by atoms with Gasteiger partial charge in [0, 0.05) is 0 Å². The SMILES string of the molecule is CC(OC(=O)C(F)(F)F)(C(F)(F)F)C(F)(F)F. The summed E-state index contributed by atoms with van der Waals surface area (Å²) in [5.41, 5.74) is -5.22. The molecule has 0 atom stereocenters. The summed E-state index contributed by atoms with van der Waals surface area (Å²) in [5, 5.41) is 0. The second-order valence-corrected chi connectivity index (χ2v) is 2.92. The first-order chi connectivity index (χ1) is 7.13. The summed E-state index contributed by atoms with van der Waals surface area (Å²) >= 11 is 0. The smallest absolute Gasteiger partial charge is 0.433 e. The molecule has 0 aromatic heterocycles. The maximum absolute atomic E-state index is 12.0. The Kier molecular flexibility index (Phi) is 3.68. The van der Waals surface area contributed by atoms with Crippen LogP contribution in [-0.4, -0.2) is 30.1 Å². The number of esters is 1. The molecular weight excluding hydrogens is 275 g/mol. The van der Waals surface area contributed by atoms with Gasteiger partial charge in [0.25, 0.3) is 5.60 Å². The lowest BCUT2D eigenvalue weighted by Gasteiger charge is -2.33. The highest BCUT2D eigenvalue weighted by Gasteiger charge is 2.72. The van der Waals surface area contributed by atoms with Crippen LogP contribution in [-0.2, 0) is 9.53 Å². The quantitative estimate of drug-likeness (QED) is 0.544. The third-order valence-corrected chi connectivity index (χ3v) is 1.61. The van der Waals surface area contributed by atoms with Crippen molar-refractivity contribution in [2.75, 3.05) is 0 Å². The zero-order valence-corrected chi connectivity index (χ0v) is 7.72. The monoisotopic (exact) mass is 278 g/mol. The van der Waals surface area contributed by atoms with Gasteiger partial charge in [-0.3, -0.25) is 0 Å². The minimum absolute atomic E-state index is 0.712. The number of hydrogen-bond donors (Lipinski definition) is 0. The van der Waals surface area contributed by atoms with E-state index in [2.05, 4.69) is 4.74 Å². The van der Waals surface area contributed by atoms with Crippen molar-refractivity contribution in [3.05, 3.63) is 0 Å². The molecule has 0 N–H and O–H groups in total. The average molecular weight is 278 g/mol. The first-order valence-corrected chi connectivity index (χ1v) is 3.56. The normalized spacial score (nSPS) is 14.7. The second-order valence-electron chi connectivity index (χ2n) is 2.92. The van der Waals surface area contributed by atoms with Gasteiger partial charge in [-0.25, -0.2) is 4.79 Å². The lowest BCUT2D eigenvalue weighted by molar-refractivity contribution is -0.368. The number of halogens is 9. The number of alkyl halides is 9. The molecule has 0 rings (SSSR count). The van der Waals surface area contributed by atoms with Gasteiger partial charge in [0.05, 0.1) is 0 Å². The van der Waals surface area contributed by atoms with Crippen LogP contribution in [0.5, 0.6) is 0 Å². The summed E-state index contributed by atoms with van der Waals surface area (Å²) in [5.74, 6) is -3.57. The first kappa shape index (κ1) is 15.8. The largest absolute Gasteiger partial charge is 0.490 e. The van der Waals surface area contributed by atoms with Crippen LogP contribution in [0, 0.1) is 0 Å². The predicted molar refractivity (Wildman–Crippen MR) is 32.7 cm³/mol. The van der Waals surface area contributed by atoms with Crippen molar-refractivity contribution >= 4 is 5.97 Å². The zero-order valence-electron chi connectivity index (χ0n) is 7.72. The van der Waals surface area contributed by atoms with Crippen LogP contribution >= 0.6 is 0 Å². The maximum Gasteiger partial charge on any atom is 0.490 e. The first-order valence-electron chi connectivity index (χ1n) is 3.56. The van der Waals surface area contributed by atoms with Crippen molar-refractivity contribution in [1.82, 2.24) is 0 Å². The van der Waals surface area contributed by atoms with Gasteiger partial charge in [0.1, 0.15) is 0 Å². The molecule has 0 aromatic rings. The minimum atomic E-state index is -6.23. The lowest BCUT2D eigenvalue weighted by atomic mass is 10.1. The van der Waals surface area contributed by atoms with Gasteiger partial charge in [0.15, 0.2) is 0 Å². The molecule has 2 nitrogen and oxygen atoms in total. The maximum atomic E-state index is 12.0. The summed E-state index contributed by atoms with van der Waals surface area (Å²) < 4.78 is 109. The highest BCUT2D eigenvalue weighted by atomic mass is 19.4. The van der Waals surface area contributed by atoms with E-state index in [1.807, 2.05) is 0 Å². The molecule has 0 heterocycles. The second kappa shape index (κ2) is 3.95. The fourth-order valence-corrected chi connectivity index (χ4v) is 0.520. The van der Waals surface area contributed by atoms with E-state index in [1.54, 1.807) is 0 Å². The topological polar surface area (TPSA) is 26.3 Å². The Morgan fingerprint density at radius 3 is 1.29 bits per heavy atom. The summed E-state index contributed by atoms with van der Waals surface area (Å²) in [6.07, 6.45) is -18.4. The molecule has 0 saturated carbocycles. The van der Waals surface area contributed by atoms with Gasteiger partial charge in [-0.05, 0) is 6.92 Å². The molecule has 0 radical (unpaired) electrons. The molecule has 0 aromatic carbocycles. The molecular formula is C6H3F9O2. The average Bonchev–Trinajstić information content (AvgIpc) is 1.97. The van der Waals surface area contributed by atoms with Gasteiger partial charge >= 0.3 is 24.5 Å². The summed E-state index contributed by atoms with van der Waals surface area (Å²) in [6.45, 7) is -0.712. The van der Waals surface area contributed by atoms with Gasteiger partial charge < -0.3 is 4.74 Å². The molecule has 0 aliphatic rings. The molecule has 0 amide bonds. The van der Waals surface area contributed by atoms with E-state index in [-0.39, 0.29) is 0 Å². The van der Waals surface area contributed by atoms with Crippen LogP contribution in [0.1, 0.15) is 6.92 Å². The molecule has 0 aliphatic heterocycles. The van der Waals surface area contributed by atoms with Crippen molar-refractivity contribution in [2.24, 2.45) is 0 Å². The summed E-state index contributed by atoms with van der Waals surface area (Å²) in [4.78, 5) is 10.0. The van der Waals surface area contributed by atoms with Crippen LogP contribution in [0.25, 0.3) is 0 Å². The fourth-order valence-electron chi connectivity index (χ4n) is 0.520. The highest BCUT2D eigenvalue weighted by Crippen LogP contribution is 2.46. The van der Waals surface area contributed by atoms with E-state index < -0.39 is 37.0 Å². The Labute approximate surface area is 87.3 Å². The molecule has 17 heavy (non-hydrogen) atoms. The van der Waals surface area contributed by atoms with E-state index in [9.17, 15) is 44.3 Å². The van der Waals surface area contributed by atoms with Gasteiger partial charge in [-0.1, -0.05) is 0 Å². The molecule has 0 spiro atoms. The van der Waals surface area contributed by atoms with Crippen molar-refractivity contribution in [2.45, 2.75) is 31.1 Å². The standard InChI is InChI=1S/C6H3F9O2/c1-3(5(10,11)12,6(13,14)15)17-2(16)4(7,8)9/h1H3. The molecule has 0 bridgehead atoms. The number of ether oxygens (including phenoxy) is 1. The molecule has 0 saturated heterocycles.